The first-order valence-corrected chi connectivity index (χ1v) is 7.55. The van der Waals surface area contributed by atoms with Crippen molar-refractivity contribution < 1.29 is 14.1 Å². The second kappa shape index (κ2) is 7.12. The molecule has 0 radical (unpaired) electrons. The topological polar surface area (TPSA) is 77.2 Å². The summed E-state index contributed by atoms with van der Waals surface area (Å²) in [5.74, 6) is 2.31. The average Bonchev–Trinajstić information content (AvgIpc) is 2.80. The Morgan fingerprint density at radius 2 is 2.24 bits per heavy atom. The van der Waals surface area contributed by atoms with Gasteiger partial charge in [-0.25, -0.2) is 4.98 Å². The molecule has 0 aromatic carbocycles. The van der Waals surface area contributed by atoms with E-state index >= 15 is 0 Å². The number of rotatable bonds is 6. The second-order valence-corrected chi connectivity index (χ2v) is 5.42. The molecule has 0 aliphatic heterocycles. The van der Waals surface area contributed by atoms with Gasteiger partial charge in [-0.3, -0.25) is 4.79 Å². The SMILES string of the molecule is COc1ccc(NC(=O)CSCc2c(C)noc2C)cn1. The van der Waals surface area contributed by atoms with E-state index in [1.807, 2.05) is 13.8 Å². The summed E-state index contributed by atoms with van der Waals surface area (Å²) in [6.45, 7) is 3.77. The van der Waals surface area contributed by atoms with E-state index in [1.165, 1.54) is 11.8 Å². The van der Waals surface area contributed by atoms with Crippen molar-refractivity contribution in [2.75, 3.05) is 18.2 Å². The molecule has 21 heavy (non-hydrogen) atoms. The van der Waals surface area contributed by atoms with Crippen molar-refractivity contribution in [3.8, 4) is 5.88 Å². The predicted molar refractivity (Wildman–Crippen MR) is 81.6 cm³/mol. The number of pyridine rings is 1. The minimum Gasteiger partial charge on any atom is -0.481 e. The number of ether oxygens (including phenoxy) is 1. The van der Waals surface area contributed by atoms with Crippen LogP contribution in [0.4, 0.5) is 5.69 Å². The highest BCUT2D eigenvalue weighted by Gasteiger charge is 2.10. The molecule has 112 valence electrons. The summed E-state index contributed by atoms with van der Waals surface area (Å²) in [4.78, 5) is 15.9. The number of carbonyl (C=O) groups is 1. The third-order valence-corrected chi connectivity index (χ3v) is 3.85. The van der Waals surface area contributed by atoms with Crippen LogP contribution in [0.25, 0.3) is 0 Å². The Morgan fingerprint density at radius 1 is 1.43 bits per heavy atom. The van der Waals surface area contributed by atoms with Gasteiger partial charge in [-0.2, -0.15) is 0 Å². The maximum atomic E-state index is 11.8. The van der Waals surface area contributed by atoms with Crippen molar-refractivity contribution in [1.82, 2.24) is 10.1 Å². The average molecular weight is 307 g/mol. The number of nitrogens with zero attached hydrogens (tertiary/aromatic N) is 2. The minimum atomic E-state index is -0.0706. The smallest absolute Gasteiger partial charge is 0.234 e. The first-order valence-electron chi connectivity index (χ1n) is 6.39. The molecule has 2 aromatic heterocycles. The fraction of sp³-hybridized carbons (Fsp3) is 0.357. The molecule has 7 heteroatoms. The van der Waals surface area contributed by atoms with Crippen LogP contribution in [0.3, 0.4) is 0 Å². The molecule has 0 bridgehead atoms. The zero-order valence-electron chi connectivity index (χ0n) is 12.2. The van der Waals surface area contributed by atoms with Gasteiger partial charge in [0.1, 0.15) is 5.76 Å². The molecule has 0 saturated heterocycles. The first-order chi connectivity index (χ1) is 10.1. The number of hydrogen-bond donors (Lipinski definition) is 1. The number of carbonyl (C=O) groups excluding carboxylic acids is 1. The summed E-state index contributed by atoms with van der Waals surface area (Å²) < 4.78 is 10.0. The summed E-state index contributed by atoms with van der Waals surface area (Å²) in [7, 11) is 1.55. The van der Waals surface area contributed by atoms with E-state index < -0.39 is 0 Å². The monoisotopic (exact) mass is 307 g/mol. The van der Waals surface area contributed by atoms with E-state index in [1.54, 1.807) is 25.4 Å². The van der Waals surface area contributed by atoms with Gasteiger partial charge in [-0.05, 0) is 19.9 Å². The lowest BCUT2D eigenvalue weighted by Crippen LogP contribution is -2.14. The zero-order valence-corrected chi connectivity index (χ0v) is 13.0. The molecule has 2 heterocycles. The van der Waals surface area contributed by atoms with E-state index in [-0.39, 0.29) is 5.91 Å². The van der Waals surface area contributed by atoms with Crippen LogP contribution in [0.2, 0.25) is 0 Å². The number of thioether (sulfide) groups is 1. The summed E-state index contributed by atoms with van der Waals surface area (Å²) in [6.07, 6.45) is 1.57. The third-order valence-electron chi connectivity index (χ3n) is 2.89. The van der Waals surface area contributed by atoms with Crippen LogP contribution in [0.5, 0.6) is 5.88 Å². The molecule has 0 saturated carbocycles. The van der Waals surface area contributed by atoms with Crippen molar-refractivity contribution in [2.24, 2.45) is 0 Å². The quantitative estimate of drug-likeness (QED) is 0.884. The molecule has 1 N–H and O–H groups in total. The predicted octanol–water partition coefficient (Wildman–Crippen LogP) is 2.57. The van der Waals surface area contributed by atoms with Crippen LogP contribution < -0.4 is 10.1 Å². The molecule has 0 atom stereocenters. The van der Waals surface area contributed by atoms with E-state index in [2.05, 4.69) is 15.5 Å². The summed E-state index contributed by atoms with van der Waals surface area (Å²) in [5, 5.41) is 6.67. The van der Waals surface area contributed by atoms with Crippen LogP contribution >= 0.6 is 11.8 Å². The van der Waals surface area contributed by atoms with E-state index in [0.717, 1.165) is 17.0 Å². The standard InChI is InChI=1S/C14H17N3O3S/c1-9-12(10(2)20-17-9)7-21-8-13(18)16-11-4-5-14(19-3)15-6-11/h4-6H,7-8H2,1-3H3,(H,16,18). The summed E-state index contributed by atoms with van der Waals surface area (Å²) in [5.41, 5.74) is 2.58. The number of aryl methyl sites for hydroxylation is 2. The Labute approximate surface area is 127 Å². The first kappa shape index (κ1) is 15.4. The van der Waals surface area contributed by atoms with Crippen LogP contribution in [0, 0.1) is 13.8 Å². The maximum Gasteiger partial charge on any atom is 0.234 e. The highest BCUT2D eigenvalue weighted by atomic mass is 32.2. The Kier molecular flexibility index (Phi) is 5.21. The summed E-state index contributed by atoms with van der Waals surface area (Å²) in [6, 6.07) is 3.45. The highest BCUT2D eigenvalue weighted by Crippen LogP contribution is 2.19. The fourth-order valence-electron chi connectivity index (χ4n) is 1.73. The van der Waals surface area contributed by atoms with Crippen molar-refractivity contribution in [2.45, 2.75) is 19.6 Å². The Balaban J connectivity index is 1.79. The lowest BCUT2D eigenvalue weighted by Gasteiger charge is -2.05. The van der Waals surface area contributed by atoms with Crippen LogP contribution in [-0.4, -0.2) is 28.9 Å². The van der Waals surface area contributed by atoms with E-state index in [0.29, 0.717) is 23.1 Å². The third kappa shape index (κ3) is 4.22. The molecular formula is C14H17N3O3S. The maximum absolute atomic E-state index is 11.8. The van der Waals surface area contributed by atoms with Crippen molar-refractivity contribution in [1.29, 1.82) is 0 Å². The number of aromatic nitrogens is 2. The van der Waals surface area contributed by atoms with Crippen LogP contribution in [0.15, 0.2) is 22.9 Å². The van der Waals surface area contributed by atoms with Gasteiger partial charge in [0, 0.05) is 17.4 Å². The molecule has 1 amide bonds. The van der Waals surface area contributed by atoms with Gasteiger partial charge < -0.3 is 14.6 Å². The summed E-state index contributed by atoms with van der Waals surface area (Å²) >= 11 is 1.52. The lowest BCUT2D eigenvalue weighted by molar-refractivity contribution is -0.113. The number of hydrogen-bond acceptors (Lipinski definition) is 6. The van der Waals surface area contributed by atoms with Gasteiger partial charge in [0.2, 0.25) is 11.8 Å². The zero-order chi connectivity index (χ0) is 15.2. The largest absolute Gasteiger partial charge is 0.481 e. The number of methoxy groups -OCH3 is 1. The molecule has 0 fully saturated rings. The molecular weight excluding hydrogens is 290 g/mol. The molecule has 2 aromatic rings. The fourth-order valence-corrected chi connectivity index (χ4v) is 2.70. The molecule has 0 aliphatic rings. The van der Waals surface area contributed by atoms with Gasteiger partial charge in [-0.15, -0.1) is 11.8 Å². The molecule has 0 spiro atoms. The molecule has 2 rings (SSSR count). The van der Waals surface area contributed by atoms with Crippen molar-refractivity contribution in [3.05, 3.63) is 35.3 Å². The second-order valence-electron chi connectivity index (χ2n) is 4.43. The molecule has 0 aliphatic carbocycles. The van der Waals surface area contributed by atoms with Crippen LogP contribution in [-0.2, 0) is 10.5 Å². The number of anilines is 1. The number of amides is 1. The molecule has 6 nitrogen and oxygen atoms in total. The van der Waals surface area contributed by atoms with Gasteiger partial charge in [0.25, 0.3) is 0 Å². The Bertz CT molecular complexity index is 591. The normalized spacial score (nSPS) is 10.4. The Morgan fingerprint density at radius 3 is 2.81 bits per heavy atom. The molecule has 0 unspecified atom stereocenters. The Hall–Kier alpha value is -2.02. The van der Waals surface area contributed by atoms with Crippen LogP contribution in [0.1, 0.15) is 17.0 Å². The van der Waals surface area contributed by atoms with Gasteiger partial charge in [0.05, 0.1) is 30.4 Å². The highest BCUT2D eigenvalue weighted by molar-refractivity contribution is 7.99. The van der Waals surface area contributed by atoms with Gasteiger partial charge in [0.15, 0.2) is 0 Å². The van der Waals surface area contributed by atoms with Gasteiger partial charge >= 0.3 is 0 Å². The van der Waals surface area contributed by atoms with E-state index in [9.17, 15) is 4.79 Å². The number of nitrogens with one attached hydrogen (secondary N) is 1. The van der Waals surface area contributed by atoms with Crippen molar-refractivity contribution >= 4 is 23.4 Å². The lowest BCUT2D eigenvalue weighted by atomic mass is 10.2. The van der Waals surface area contributed by atoms with E-state index in [4.69, 9.17) is 9.26 Å². The minimum absolute atomic E-state index is 0.0706. The van der Waals surface area contributed by atoms with Gasteiger partial charge in [-0.1, -0.05) is 5.16 Å². The van der Waals surface area contributed by atoms with Crippen molar-refractivity contribution in [3.63, 3.8) is 0 Å².